The maximum atomic E-state index is 12.9. The molecule has 7 heteroatoms. The van der Waals surface area contributed by atoms with Crippen LogP contribution in [-0.2, 0) is 17.6 Å². The molecular formula is C21H27N4O2S+. The molecule has 1 aromatic heterocycles. The normalized spacial score (nSPS) is 18.0. The van der Waals surface area contributed by atoms with Gasteiger partial charge >= 0.3 is 0 Å². The molecule has 148 valence electrons. The molecule has 2 aliphatic rings. The average molecular weight is 400 g/mol. The number of thiophene rings is 1. The number of para-hydroxylation sites is 1. The first kappa shape index (κ1) is 19.0. The minimum atomic E-state index is -0.439. The lowest BCUT2D eigenvalue weighted by molar-refractivity contribution is -0.914. The summed E-state index contributed by atoms with van der Waals surface area (Å²) in [6.45, 7) is 5.64. The summed E-state index contributed by atoms with van der Waals surface area (Å²) in [5.41, 5.74) is 8.41. The molecule has 0 saturated carbocycles. The van der Waals surface area contributed by atoms with Crippen LogP contribution in [0.5, 0.6) is 0 Å². The van der Waals surface area contributed by atoms with E-state index in [4.69, 9.17) is 5.73 Å². The molecule has 1 saturated heterocycles. The largest absolute Gasteiger partial charge is 0.365 e. The van der Waals surface area contributed by atoms with Crippen LogP contribution in [0.1, 0.15) is 34.1 Å². The lowest BCUT2D eigenvalue weighted by Gasteiger charge is -2.36. The standard InChI is InChI=1S/C21H26N4O2S/c1-14(24-10-12-25(13-11-24)15-6-3-2-4-7-15)20(27)23-21-18(19(22)26)16-8-5-9-17(16)28-21/h2-4,6-7,14H,5,8-13H2,1H3,(H2,22,26)(H,23,27)/p+1/t14-/m0/s1. The number of hydrogen-bond donors (Lipinski definition) is 3. The van der Waals surface area contributed by atoms with E-state index in [2.05, 4.69) is 34.5 Å². The predicted molar refractivity (Wildman–Crippen MR) is 112 cm³/mol. The minimum absolute atomic E-state index is 0.0365. The van der Waals surface area contributed by atoms with Crippen molar-refractivity contribution in [2.45, 2.75) is 32.2 Å². The van der Waals surface area contributed by atoms with E-state index >= 15 is 0 Å². The van der Waals surface area contributed by atoms with Gasteiger partial charge in [0.15, 0.2) is 6.04 Å². The number of quaternary nitrogens is 1. The quantitative estimate of drug-likeness (QED) is 0.704. The van der Waals surface area contributed by atoms with Crippen LogP contribution in [0, 0.1) is 0 Å². The van der Waals surface area contributed by atoms with Gasteiger partial charge in [0.1, 0.15) is 5.00 Å². The fourth-order valence-corrected chi connectivity index (χ4v) is 5.58. The number of nitrogens with one attached hydrogen (secondary N) is 2. The molecule has 1 aromatic carbocycles. The van der Waals surface area contributed by atoms with Crippen molar-refractivity contribution in [3.8, 4) is 0 Å². The first-order valence-electron chi connectivity index (χ1n) is 9.94. The van der Waals surface area contributed by atoms with E-state index in [0.29, 0.717) is 10.6 Å². The van der Waals surface area contributed by atoms with Gasteiger partial charge in [-0.15, -0.1) is 11.3 Å². The Morgan fingerprint density at radius 1 is 1.18 bits per heavy atom. The molecule has 1 aliphatic heterocycles. The number of primary amides is 1. The number of nitrogens with two attached hydrogens (primary N) is 1. The molecule has 0 radical (unpaired) electrons. The number of piperazine rings is 1. The molecule has 4 rings (SSSR count). The van der Waals surface area contributed by atoms with Crippen molar-refractivity contribution in [2.75, 3.05) is 36.4 Å². The summed E-state index contributed by atoms with van der Waals surface area (Å²) >= 11 is 1.52. The first-order valence-corrected chi connectivity index (χ1v) is 10.8. The molecule has 2 aromatic rings. The van der Waals surface area contributed by atoms with Crippen molar-refractivity contribution in [3.05, 3.63) is 46.3 Å². The van der Waals surface area contributed by atoms with Gasteiger partial charge in [-0.25, -0.2) is 0 Å². The van der Waals surface area contributed by atoms with E-state index in [9.17, 15) is 9.59 Å². The van der Waals surface area contributed by atoms with Gasteiger partial charge in [-0.1, -0.05) is 18.2 Å². The molecule has 1 fully saturated rings. The zero-order valence-electron chi connectivity index (χ0n) is 16.2. The van der Waals surface area contributed by atoms with Gasteiger partial charge in [-0.3, -0.25) is 9.59 Å². The average Bonchev–Trinajstić information content (AvgIpc) is 3.28. The van der Waals surface area contributed by atoms with Crippen LogP contribution in [0.2, 0.25) is 0 Å². The summed E-state index contributed by atoms with van der Waals surface area (Å²) in [7, 11) is 0. The number of carbonyl (C=O) groups is 2. The molecule has 1 atom stereocenters. The number of nitrogens with zero attached hydrogens (tertiary/aromatic N) is 1. The predicted octanol–water partition coefficient (Wildman–Crippen LogP) is 1.07. The summed E-state index contributed by atoms with van der Waals surface area (Å²) in [5.74, 6) is -0.475. The summed E-state index contributed by atoms with van der Waals surface area (Å²) in [4.78, 5) is 29.6. The van der Waals surface area contributed by atoms with Crippen LogP contribution >= 0.6 is 11.3 Å². The number of amides is 2. The van der Waals surface area contributed by atoms with Gasteiger partial charge in [0.25, 0.3) is 11.8 Å². The Morgan fingerprint density at radius 2 is 1.89 bits per heavy atom. The van der Waals surface area contributed by atoms with Crippen LogP contribution < -0.4 is 20.9 Å². The van der Waals surface area contributed by atoms with Crippen molar-refractivity contribution >= 4 is 33.8 Å². The van der Waals surface area contributed by atoms with Crippen molar-refractivity contribution in [2.24, 2.45) is 5.73 Å². The molecule has 6 nitrogen and oxygen atoms in total. The van der Waals surface area contributed by atoms with E-state index in [0.717, 1.165) is 51.0 Å². The summed E-state index contributed by atoms with van der Waals surface area (Å²) in [6, 6.07) is 10.2. The Labute approximate surface area is 169 Å². The highest BCUT2D eigenvalue weighted by Crippen LogP contribution is 2.38. The van der Waals surface area contributed by atoms with Gasteiger partial charge in [0, 0.05) is 10.6 Å². The number of hydrogen-bond acceptors (Lipinski definition) is 4. The molecule has 0 unspecified atom stereocenters. The molecule has 0 spiro atoms. The molecule has 2 amide bonds. The monoisotopic (exact) mass is 399 g/mol. The number of fused-ring (bicyclic) bond motifs is 1. The number of carbonyl (C=O) groups excluding carboxylic acids is 2. The fourth-order valence-electron chi connectivity index (χ4n) is 4.28. The van der Waals surface area contributed by atoms with Crippen LogP contribution in [0.3, 0.4) is 0 Å². The zero-order valence-corrected chi connectivity index (χ0v) is 17.0. The second-order valence-electron chi connectivity index (χ2n) is 7.62. The van der Waals surface area contributed by atoms with Crippen LogP contribution in [0.15, 0.2) is 30.3 Å². The third-order valence-electron chi connectivity index (χ3n) is 5.94. The highest BCUT2D eigenvalue weighted by atomic mass is 32.1. The third-order valence-corrected chi connectivity index (χ3v) is 7.14. The Kier molecular flexibility index (Phi) is 5.37. The molecule has 1 aliphatic carbocycles. The minimum Gasteiger partial charge on any atom is -0.365 e. The van der Waals surface area contributed by atoms with Gasteiger partial charge in [0.2, 0.25) is 0 Å². The Hall–Kier alpha value is -2.38. The smallest absolute Gasteiger partial charge is 0.282 e. The third kappa shape index (κ3) is 3.64. The van der Waals surface area contributed by atoms with Gasteiger partial charge in [-0.2, -0.15) is 0 Å². The summed E-state index contributed by atoms with van der Waals surface area (Å²) in [5, 5.41) is 3.64. The lowest BCUT2D eigenvalue weighted by Crippen LogP contribution is -3.19. The zero-order chi connectivity index (χ0) is 19.7. The van der Waals surface area contributed by atoms with E-state index in [1.165, 1.54) is 26.8 Å². The van der Waals surface area contributed by atoms with Crippen LogP contribution in [0.25, 0.3) is 0 Å². The second-order valence-corrected chi connectivity index (χ2v) is 8.72. The number of anilines is 2. The lowest BCUT2D eigenvalue weighted by atomic mass is 10.1. The Bertz CT molecular complexity index is 872. The first-order chi connectivity index (χ1) is 13.5. The van der Waals surface area contributed by atoms with E-state index in [-0.39, 0.29) is 11.9 Å². The van der Waals surface area contributed by atoms with Crippen molar-refractivity contribution in [1.29, 1.82) is 0 Å². The SMILES string of the molecule is C[C@@H](C(=O)Nc1sc2c(c1C(N)=O)CCC2)[NH+]1CCN(c2ccccc2)CC1. The van der Waals surface area contributed by atoms with E-state index < -0.39 is 5.91 Å². The van der Waals surface area contributed by atoms with Crippen LogP contribution in [0.4, 0.5) is 10.7 Å². The topological polar surface area (TPSA) is 79.9 Å². The van der Waals surface area contributed by atoms with Crippen molar-refractivity contribution in [3.63, 3.8) is 0 Å². The Morgan fingerprint density at radius 3 is 2.57 bits per heavy atom. The molecule has 0 bridgehead atoms. The van der Waals surface area contributed by atoms with Gasteiger partial charge < -0.3 is 20.9 Å². The fraction of sp³-hybridized carbons (Fsp3) is 0.429. The number of aryl methyl sites for hydroxylation is 1. The molecule has 2 heterocycles. The van der Waals surface area contributed by atoms with E-state index in [1.54, 1.807) is 0 Å². The van der Waals surface area contributed by atoms with Gasteiger partial charge in [0.05, 0.1) is 31.7 Å². The highest BCUT2D eigenvalue weighted by molar-refractivity contribution is 7.17. The summed E-state index contributed by atoms with van der Waals surface area (Å²) in [6.07, 6.45) is 2.91. The number of rotatable bonds is 5. The van der Waals surface area contributed by atoms with Crippen molar-refractivity contribution in [1.82, 2.24) is 0 Å². The maximum Gasteiger partial charge on any atom is 0.282 e. The summed E-state index contributed by atoms with van der Waals surface area (Å²) < 4.78 is 0. The molecule has 28 heavy (non-hydrogen) atoms. The number of benzene rings is 1. The van der Waals surface area contributed by atoms with Crippen molar-refractivity contribution < 1.29 is 14.5 Å². The maximum absolute atomic E-state index is 12.9. The van der Waals surface area contributed by atoms with Crippen LogP contribution in [-0.4, -0.2) is 44.0 Å². The second kappa shape index (κ2) is 7.93. The molecular weight excluding hydrogens is 372 g/mol. The highest BCUT2D eigenvalue weighted by Gasteiger charge is 2.32. The van der Waals surface area contributed by atoms with Gasteiger partial charge in [-0.05, 0) is 43.9 Å². The molecule has 4 N–H and O–H groups in total. The van der Waals surface area contributed by atoms with E-state index in [1.807, 2.05) is 13.0 Å². The Balaban J connectivity index is 1.39.